The molecule has 0 bridgehead atoms. The van der Waals surface area contributed by atoms with Gasteiger partial charge in [-0.25, -0.2) is 27.8 Å². The van der Waals surface area contributed by atoms with Crippen LogP contribution in [0.15, 0.2) is 57.4 Å². The number of rotatable bonds is 5. The standard InChI is InChI=1S/C21H16Cl2N4O4S2/c1-3-32-20-25-19-17(33(2,30)31)15(11-7-5-4-6-8-11)18(27(19)21(29)26-20)24-12-9-13(22)16(28)14(23)10-12/h4-10,28H,3H2,1-2H3. The number of phenolic OH excluding ortho intramolecular Hbond substituents is 1. The van der Waals surface area contributed by atoms with Gasteiger partial charge in [-0.15, -0.1) is 0 Å². The third-order valence-corrected chi connectivity index (χ3v) is 7.04. The van der Waals surface area contributed by atoms with Gasteiger partial charge in [0, 0.05) is 11.8 Å². The first-order valence-corrected chi connectivity index (χ1v) is 13.2. The number of phenols is 1. The Morgan fingerprint density at radius 1 is 1.12 bits per heavy atom. The molecule has 1 N–H and O–H groups in total. The lowest BCUT2D eigenvalue weighted by atomic mass is 10.1. The molecule has 2 aromatic carbocycles. The van der Waals surface area contributed by atoms with Gasteiger partial charge in [0.1, 0.15) is 4.91 Å². The zero-order valence-corrected chi connectivity index (χ0v) is 20.4. The smallest absolute Gasteiger partial charge is 0.357 e. The first-order valence-electron chi connectivity index (χ1n) is 9.53. The van der Waals surface area contributed by atoms with Crippen molar-refractivity contribution in [3.63, 3.8) is 0 Å². The highest BCUT2D eigenvalue weighted by Gasteiger charge is 2.37. The minimum absolute atomic E-state index is 0.00694. The molecule has 0 unspecified atom stereocenters. The number of hydrogen-bond acceptors (Lipinski definition) is 8. The molecule has 0 saturated carbocycles. The van der Waals surface area contributed by atoms with Crippen LogP contribution in [-0.2, 0) is 9.84 Å². The quantitative estimate of drug-likeness (QED) is 0.497. The molecule has 33 heavy (non-hydrogen) atoms. The topological polar surface area (TPSA) is 115 Å². The fourth-order valence-electron chi connectivity index (χ4n) is 3.31. The highest BCUT2D eigenvalue weighted by Crippen LogP contribution is 2.40. The zero-order valence-electron chi connectivity index (χ0n) is 17.3. The van der Waals surface area contributed by atoms with E-state index in [9.17, 15) is 18.3 Å². The van der Waals surface area contributed by atoms with Crippen molar-refractivity contribution in [2.45, 2.75) is 12.1 Å². The van der Waals surface area contributed by atoms with Gasteiger partial charge in [0.05, 0.1) is 15.7 Å². The number of aromatic hydroxyl groups is 1. The van der Waals surface area contributed by atoms with Crippen molar-refractivity contribution in [3.8, 4) is 5.75 Å². The third-order valence-electron chi connectivity index (χ3n) is 4.60. The van der Waals surface area contributed by atoms with Gasteiger partial charge in [-0.1, -0.05) is 72.2 Å². The average molecular weight is 523 g/mol. The molecule has 0 fully saturated rings. The van der Waals surface area contributed by atoms with Crippen LogP contribution in [0, 0.1) is 0 Å². The minimum Gasteiger partial charge on any atom is -0.505 e. The number of benzene rings is 2. The Hall–Kier alpha value is -2.66. The summed E-state index contributed by atoms with van der Waals surface area (Å²) in [5.41, 5.74) is 0.189. The van der Waals surface area contributed by atoms with Gasteiger partial charge in [-0.3, -0.25) is 0 Å². The number of thioether (sulfide) groups is 1. The number of allylic oxidation sites excluding steroid dienone is 1. The number of halogens is 2. The molecule has 0 radical (unpaired) electrons. The lowest BCUT2D eigenvalue weighted by Gasteiger charge is -2.09. The Morgan fingerprint density at radius 2 is 1.76 bits per heavy atom. The number of aliphatic imine (C=N–C) groups is 1. The maximum Gasteiger partial charge on any atom is 0.357 e. The Morgan fingerprint density at radius 3 is 2.33 bits per heavy atom. The predicted octanol–water partition coefficient (Wildman–Crippen LogP) is 4.27. The average Bonchev–Trinajstić information content (AvgIpc) is 3.07. The van der Waals surface area contributed by atoms with E-state index in [0.717, 1.165) is 10.8 Å². The second kappa shape index (κ2) is 8.94. The number of fused-ring (bicyclic) bond motifs is 1. The third kappa shape index (κ3) is 4.43. The summed E-state index contributed by atoms with van der Waals surface area (Å²) in [6.07, 6.45) is 1.05. The van der Waals surface area contributed by atoms with E-state index in [1.807, 2.05) is 6.92 Å². The Balaban J connectivity index is 2.13. The number of nitrogens with zero attached hydrogens (tertiary/aromatic N) is 4. The summed E-state index contributed by atoms with van der Waals surface area (Å²) in [6, 6.07) is 11.4. The zero-order chi connectivity index (χ0) is 23.9. The molecule has 0 atom stereocenters. The van der Waals surface area contributed by atoms with E-state index in [4.69, 9.17) is 23.2 Å². The van der Waals surface area contributed by atoms with Crippen LogP contribution in [0.4, 0.5) is 5.69 Å². The first-order chi connectivity index (χ1) is 15.6. The molecule has 2 heterocycles. The molecule has 0 saturated heterocycles. The van der Waals surface area contributed by atoms with Crippen molar-refractivity contribution in [1.82, 2.24) is 14.5 Å². The van der Waals surface area contributed by atoms with Crippen LogP contribution < -0.4 is 5.69 Å². The van der Waals surface area contributed by atoms with Gasteiger partial charge in [0.25, 0.3) is 0 Å². The van der Waals surface area contributed by atoms with Crippen LogP contribution in [0.25, 0.3) is 10.5 Å². The van der Waals surface area contributed by atoms with E-state index in [-0.39, 0.29) is 48.8 Å². The summed E-state index contributed by atoms with van der Waals surface area (Å²) >= 11 is 13.3. The molecular formula is C21H16Cl2N4O4S2. The van der Waals surface area contributed by atoms with E-state index in [1.54, 1.807) is 30.3 Å². The Kier molecular flexibility index (Phi) is 6.37. The molecule has 1 aliphatic heterocycles. The molecular weight excluding hydrogens is 507 g/mol. The van der Waals surface area contributed by atoms with Crippen molar-refractivity contribution in [1.29, 1.82) is 0 Å². The van der Waals surface area contributed by atoms with Gasteiger partial charge in [-0.05, 0) is 23.4 Å². The monoisotopic (exact) mass is 522 g/mol. The minimum atomic E-state index is -3.86. The van der Waals surface area contributed by atoms with Crippen LogP contribution in [0.1, 0.15) is 18.3 Å². The van der Waals surface area contributed by atoms with Gasteiger partial charge in [0.15, 0.2) is 32.4 Å². The number of sulfone groups is 1. The van der Waals surface area contributed by atoms with Crippen molar-refractivity contribution in [2.24, 2.45) is 4.99 Å². The summed E-state index contributed by atoms with van der Waals surface area (Å²) in [4.78, 5) is 25.8. The molecule has 1 aliphatic rings. The molecule has 170 valence electrons. The van der Waals surface area contributed by atoms with Crippen LogP contribution in [0.5, 0.6) is 5.75 Å². The molecule has 0 aliphatic carbocycles. The van der Waals surface area contributed by atoms with Crippen LogP contribution in [0.3, 0.4) is 0 Å². The van der Waals surface area contributed by atoms with Gasteiger partial charge < -0.3 is 5.11 Å². The Bertz CT molecular complexity index is 1480. The summed E-state index contributed by atoms with van der Waals surface area (Å²) in [5.74, 6) is 0.221. The van der Waals surface area contributed by atoms with Crippen LogP contribution in [0.2, 0.25) is 10.0 Å². The maximum absolute atomic E-state index is 13.0. The molecule has 12 heteroatoms. The Labute approximate surface area is 203 Å². The summed E-state index contributed by atoms with van der Waals surface area (Å²) in [5, 5.41) is 9.94. The highest BCUT2D eigenvalue weighted by molar-refractivity contribution is 8.00. The van der Waals surface area contributed by atoms with Gasteiger partial charge >= 0.3 is 5.69 Å². The van der Waals surface area contributed by atoms with E-state index in [1.165, 1.54) is 23.9 Å². The second-order valence-electron chi connectivity index (χ2n) is 6.92. The maximum atomic E-state index is 13.0. The van der Waals surface area contributed by atoms with E-state index < -0.39 is 15.5 Å². The van der Waals surface area contributed by atoms with Crippen LogP contribution in [-0.4, -0.2) is 45.9 Å². The van der Waals surface area contributed by atoms with Crippen molar-refractivity contribution >= 4 is 66.8 Å². The second-order valence-corrected chi connectivity index (χ2v) is 10.9. The number of hydrogen-bond donors (Lipinski definition) is 1. The largest absolute Gasteiger partial charge is 0.505 e. The van der Waals surface area contributed by atoms with Gasteiger partial charge in [0.2, 0.25) is 0 Å². The van der Waals surface area contributed by atoms with Crippen molar-refractivity contribution in [3.05, 3.63) is 74.4 Å². The summed E-state index contributed by atoms with van der Waals surface area (Å²) < 4.78 is 26.9. The van der Waals surface area contributed by atoms with E-state index in [2.05, 4.69) is 15.0 Å². The lowest BCUT2D eigenvalue weighted by Crippen LogP contribution is -2.30. The fraction of sp³-hybridized carbons (Fsp3) is 0.143. The molecule has 0 spiro atoms. The number of aromatic nitrogens is 3. The fourth-order valence-corrected chi connectivity index (χ4v) is 5.39. The molecule has 1 aromatic heterocycles. The SMILES string of the molecule is CCSc1nc2n(c(=O)n1)C(=Nc1cc(Cl)c(O)c(Cl)c1)C(c1ccccc1)=C2S(C)(=O)=O. The lowest BCUT2D eigenvalue weighted by molar-refractivity contribution is 0.476. The summed E-state index contributed by atoms with van der Waals surface area (Å²) in [7, 11) is -3.86. The molecule has 8 nitrogen and oxygen atoms in total. The molecule has 4 rings (SSSR count). The first kappa shape index (κ1) is 23.5. The van der Waals surface area contributed by atoms with Crippen LogP contribution >= 0.6 is 35.0 Å². The normalized spacial score (nSPS) is 14.7. The van der Waals surface area contributed by atoms with E-state index >= 15 is 0 Å². The summed E-state index contributed by atoms with van der Waals surface area (Å²) in [6.45, 7) is 1.87. The van der Waals surface area contributed by atoms with Crippen molar-refractivity contribution < 1.29 is 13.5 Å². The highest BCUT2D eigenvalue weighted by atomic mass is 35.5. The van der Waals surface area contributed by atoms with Gasteiger partial charge in [-0.2, -0.15) is 4.98 Å². The van der Waals surface area contributed by atoms with Crippen molar-refractivity contribution in [2.75, 3.05) is 12.0 Å². The molecule has 0 amide bonds. The van der Waals surface area contributed by atoms with E-state index in [0.29, 0.717) is 11.3 Å². The predicted molar refractivity (Wildman–Crippen MR) is 131 cm³/mol. The molecule has 3 aromatic rings.